The summed E-state index contributed by atoms with van der Waals surface area (Å²) in [5, 5.41) is 3.40. The lowest BCUT2D eigenvalue weighted by Crippen LogP contribution is -2.65. The molecule has 4 amide bonds. The summed E-state index contributed by atoms with van der Waals surface area (Å²) in [7, 11) is 0. The molecule has 2 aliphatic rings. The first kappa shape index (κ1) is 40.3. The van der Waals surface area contributed by atoms with Crippen LogP contribution in [0.15, 0.2) is 77.6 Å². The Kier molecular flexibility index (Phi) is 10.3. The fourth-order valence-electron chi connectivity index (χ4n) is 7.68. The van der Waals surface area contributed by atoms with Crippen LogP contribution >= 0.6 is 0 Å². The molecule has 0 bridgehead atoms. The number of allylic oxidation sites excluding steroid dienone is 1. The van der Waals surface area contributed by atoms with E-state index in [1.54, 1.807) is 46.8 Å². The number of hydrogen-bond donors (Lipinski definition) is 1. The summed E-state index contributed by atoms with van der Waals surface area (Å²) in [6.45, 7) is 8.71. The number of piperazine rings is 1. The molecule has 298 valence electrons. The number of aryl methyl sites for hydroxylation is 1. The molecular formula is C40H41F6N5O5. The van der Waals surface area contributed by atoms with E-state index in [0.29, 0.717) is 27.9 Å². The zero-order valence-electron chi connectivity index (χ0n) is 31.5. The van der Waals surface area contributed by atoms with E-state index in [1.807, 2.05) is 4.90 Å². The van der Waals surface area contributed by atoms with Gasteiger partial charge in [0, 0.05) is 35.8 Å². The lowest BCUT2D eigenvalue weighted by molar-refractivity contribution is -0.392. The first-order valence-corrected chi connectivity index (χ1v) is 17.8. The Morgan fingerprint density at radius 1 is 1.04 bits per heavy atom. The van der Waals surface area contributed by atoms with Crippen molar-refractivity contribution in [2.24, 2.45) is 0 Å². The number of furan rings is 1. The van der Waals surface area contributed by atoms with Crippen molar-refractivity contribution >= 4 is 40.6 Å². The van der Waals surface area contributed by atoms with Gasteiger partial charge in [0.25, 0.3) is 11.5 Å². The summed E-state index contributed by atoms with van der Waals surface area (Å²) in [4.78, 5) is 49.6. The van der Waals surface area contributed by atoms with Gasteiger partial charge in [-0.1, -0.05) is 48.6 Å². The molecule has 2 saturated heterocycles. The van der Waals surface area contributed by atoms with Crippen molar-refractivity contribution in [3.8, 4) is 0 Å². The molecule has 0 radical (unpaired) electrons. The highest BCUT2D eigenvalue weighted by Crippen LogP contribution is 2.54. The van der Waals surface area contributed by atoms with Crippen molar-refractivity contribution in [3.05, 3.63) is 101 Å². The number of ether oxygens (including phenoxy) is 1. The number of aromatic nitrogens is 1. The Balaban J connectivity index is 1.26. The molecule has 2 fully saturated rings. The number of benzene rings is 2. The number of imide groups is 1. The van der Waals surface area contributed by atoms with Crippen LogP contribution in [0.25, 0.3) is 17.0 Å². The lowest BCUT2D eigenvalue weighted by atomic mass is 9.88. The molecule has 2 aromatic heterocycles. The molecule has 1 N–H and O–H groups in total. The van der Waals surface area contributed by atoms with E-state index in [2.05, 4.69) is 10.3 Å². The molecule has 2 aromatic carbocycles. The molecule has 10 nitrogen and oxygen atoms in total. The van der Waals surface area contributed by atoms with Gasteiger partial charge in [0.15, 0.2) is 11.1 Å². The number of hydrogen-bond acceptors (Lipinski definition) is 7. The van der Waals surface area contributed by atoms with E-state index in [-0.39, 0.29) is 24.2 Å². The predicted octanol–water partition coefficient (Wildman–Crippen LogP) is 7.99. The maximum absolute atomic E-state index is 14.7. The van der Waals surface area contributed by atoms with Crippen LogP contribution in [0.3, 0.4) is 0 Å². The summed E-state index contributed by atoms with van der Waals surface area (Å²) in [6, 6.07) is 10.6. The van der Waals surface area contributed by atoms with Crippen LogP contribution in [0.5, 0.6) is 0 Å². The van der Waals surface area contributed by atoms with Crippen LogP contribution in [-0.4, -0.2) is 76.2 Å². The van der Waals surface area contributed by atoms with E-state index in [0.717, 1.165) is 17.0 Å². The number of pyridine rings is 1. The monoisotopic (exact) mass is 785 g/mol. The number of urea groups is 1. The van der Waals surface area contributed by atoms with Gasteiger partial charge in [0.1, 0.15) is 6.54 Å². The minimum Gasteiger partial charge on any atom is -0.463 e. The van der Waals surface area contributed by atoms with E-state index in [1.165, 1.54) is 66.8 Å². The van der Waals surface area contributed by atoms with Gasteiger partial charge in [-0.25, -0.2) is 4.79 Å². The number of fused-ring (bicyclic) bond motifs is 1. The summed E-state index contributed by atoms with van der Waals surface area (Å²) in [5.74, 6) is -1.21. The molecule has 6 rings (SSSR count). The Morgan fingerprint density at radius 3 is 2.36 bits per heavy atom. The quantitative estimate of drug-likeness (QED) is 0.135. The van der Waals surface area contributed by atoms with E-state index >= 15 is 0 Å². The van der Waals surface area contributed by atoms with Crippen molar-refractivity contribution in [3.63, 3.8) is 0 Å². The Morgan fingerprint density at radius 2 is 1.71 bits per heavy atom. The fraction of sp³-hybridized carbons (Fsp3) is 0.400. The van der Waals surface area contributed by atoms with Gasteiger partial charge in [-0.05, 0) is 76.4 Å². The molecular weight excluding hydrogens is 744 g/mol. The van der Waals surface area contributed by atoms with Gasteiger partial charge in [-0.3, -0.25) is 19.5 Å². The molecule has 4 heterocycles. The third kappa shape index (κ3) is 6.77. The fourth-order valence-corrected chi connectivity index (χ4v) is 7.68. The van der Waals surface area contributed by atoms with Gasteiger partial charge in [0.05, 0.1) is 30.3 Å². The lowest BCUT2D eigenvalue weighted by Gasteiger charge is -2.51. The number of amides is 4. The van der Waals surface area contributed by atoms with Crippen molar-refractivity contribution < 1.29 is 49.9 Å². The van der Waals surface area contributed by atoms with Crippen LogP contribution < -0.4 is 10.2 Å². The maximum Gasteiger partial charge on any atom is 0.430 e. The van der Waals surface area contributed by atoms with E-state index in [4.69, 9.17) is 9.15 Å². The van der Waals surface area contributed by atoms with Gasteiger partial charge < -0.3 is 24.3 Å². The number of alkyl halides is 6. The molecule has 56 heavy (non-hydrogen) atoms. The average molecular weight is 786 g/mol. The van der Waals surface area contributed by atoms with Gasteiger partial charge >= 0.3 is 18.4 Å². The molecule has 2 aliphatic heterocycles. The van der Waals surface area contributed by atoms with Crippen LogP contribution in [0, 0.1) is 6.92 Å². The number of rotatable bonds is 9. The third-order valence-corrected chi connectivity index (χ3v) is 10.6. The largest absolute Gasteiger partial charge is 0.463 e. The first-order valence-electron chi connectivity index (χ1n) is 17.8. The number of anilines is 1. The Bertz CT molecular complexity index is 2170. The highest BCUT2D eigenvalue weighted by molar-refractivity contribution is 6.09. The summed E-state index contributed by atoms with van der Waals surface area (Å²) in [6.07, 6.45) is -5.91. The van der Waals surface area contributed by atoms with Crippen LogP contribution in [0.2, 0.25) is 0 Å². The second-order valence-electron chi connectivity index (χ2n) is 14.9. The Labute approximate surface area is 319 Å². The smallest absolute Gasteiger partial charge is 0.430 e. The minimum atomic E-state index is -5.89. The van der Waals surface area contributed by atoms with Crippen LogP contribution in [0.1, 0.15) is 62.6 Å². The minimum absolute atomic E-state index is 0.0524. The highest BCUT2D eigenvalue weighted by atomic mass is 19.4. The number of halogens is 6. The van der Waals surface area contributed by atoms with Crippen molar-refractivity contribution in [2.75, 3.05) is 24.5 Å². The average Bonchev–Trinajstić information content (AvgIpc) is 3.68. The van der Waals surface area contributed by atoms with E-state index in [9.17, 15) is 40.7 Å². The molecule has 16 heteroatoms. The zero-order valence-corrected chi connectivity index (χ0v) is 31.5. The topological polar surface area (TPSA) is 108 Å². The normalized spacial score (nSPS) is 20.7. The third-order valence-electron chi connectivity index (χ3n) is 10.6. The molecule has 0 spiro atoms. The van der Waals surface area contributed by atoms with Crippen molar-refractivity contribution in [2.45, 2.75) is 83.2 Å². The maximum atomic E-state index is 14.7. The van der Waals surface area contributed by atoms with Crippen LogP contribution in [0.4, 0.5) is 36.8 Å². The summed E-state index contributed by atoms with van der Waals surface area (Å²) in [5.41, 5.74) is -6.36. The number of carbonyl (C=O) groups excluding carboxylic acids is 3. The highest BCUT2D eigenvalue weighted by Gasteiger charge is 2.73. The second-order valence-corrected chi connectivity index (χ2v) is 14.9. The molecule has 0 aliphatic carbocycles. The molecule has 1 unspecified atom stereocenters. The van der Waals surface area contributed by atoms with Crippen molar-refractivity contribution in [1.82, 2.24) is 20.1 Å². The standard InChI is InChI=1S/C40H41F6N5O5/c1-7-11-27-18-28(38(39(41,42)43,40(44,45)46)56-22-26-12-9-8-10-13-26)14-15-30(27)50-23-36(4,5)51(20-24(50)2)32(52)21-49-34(53)37(6,48-35(49)54)33-25(3)29-16-17-55-31(29)19-47-33/h7-19,24H,20-23H2,1-6H3,(H,48,54)/b11-7-/t24-,37?/m1/s1. The van der Waals surface area contributed by atoms with Gasteiger partial charge in [-0.15, -0.1) is 0 Å². The molecule has 0 saturated carbocycles. The summed E-state index contributed by atoms with van der Waals surface area (Å²) < 4.78 is 98.7. The summed E-state index contributed by atoms with van der Waals surface area (Å²) >= 11 is 0. The molecule has 4 aromatic rings. The zero-order chi connectivity index (χ0) is 41.0. The number of carbonyl (C=O) groups is 3. The second kappa shape index (κ2) is 14.3. The predicted molar refractivity (Wildman–Crippen MR) is 195 cm³/mol. The Hall–Kier alpha value is -5.38. The van der Waals surface area contributed by atoms with Crippen molar-refractivity contribution in [1.29, 1.82) is 0 Å². The molecule has 2 atom stereocenters. The van der Waals surface area contributed by atoms with Gasteiger partial charge in [-0.2, -0.15) is 26.3 Å². The van der Waals surface area contributed by atoms with Gasteiger partial charge in [0.2, 0.25) is 5.91 Å². The van der Waals surface area contributed by atoms with Crippen LogP contribution in [-0.2, 0) is 32.1 Å². The SMILES string of the molecule is C/C=C\c1cc(C(OCc2ccccc2)(C(F)(F)F)C(F)(F)F)ccc1N1CC(C)(C)N(C(=O)CN2C(=O)NC(C)(c3ncc4occc4c3C)C2=O)C[C@H]1C. The van der Waals surface area contributed by atoms with E-state index < -0.39 is 71.6 Å². The number of nitrogens with zero attached hydrogens (tertiary/aromatic N) is 4. The number of nitrogens with one attached hydrogen (secondary N) is 1. The first-order chi connectivity index (χ1) is 26.2.